The van der Waals surface area contributed by atoms with E-state index < -0.39 is 10.1 Å². The summed E-state index contributed by atoms with van der Waals surface area (Å²) < 4.78 is 28.1. The van der Waals surface area contributed by atoms with Crippen molar-refractivity contribution in [3.8, 4) is 0 Å². The molecule has 14 heavy (non-hydrogen) atoms. The average molecular weight is 214 g/mol. The average Bonchev–Trinajstić information content (AvgIpc) is 2.02. The van der Waals surface area contributed by atoms with Crippen LogP contribution in [0.15, 0.2) is 23.1 Å². The van der Waals surface area contributed by atoms with E-state index in [1.54, 1.807) is 32.9 Å². The normalized spacial score (nSPS) is 11.6. The zero-order chi connectivity index (χ0) is 10.8. The minimum absolute atomic E-state index is 0.163. The SMILES string of the molecule is CCOS(=O)(=O)c1c(C)cccc1C. The van der Waals surface area contributed by atoms with Crippen LogP contribution in [-0.4, -0.2) is 15.0 Å². The Morgan fingerprint density at radius 1 is 1.21 bits per heavy atom. The maximum absolute atomic E-state index is 11.7. The van der Waals surface area contributed by atoms with Gasteiger partial charge in [-0.1, -0.05) is 18.2 Å². The van der Waals surface area contributed by atoms with Gasteiger partial charge in [0.2, 0.25) is 0 Å². The molecule has 78 valence electrons. The Kier molecular flexibility index (Phi) is 3.29. The van der Waals surface area contributed by atoms with Crippen molar-refractivity contribution in [2.45, 2.75) is 25.7 Å². The van der Waals surface area contributed by atoms with E-state index in [0.29, 0.717) is 4.90 Å². The van der Waals surface area contributed by atoms with Gasteiger partial charge in [0.15, 0.2) is 0 Å². The molecule has 0 amide bonds. The van der Waals surface area contributed by atoms with E-state index in [9.17, 15) is 8.42 Å². The van der Waals surface area contributed by atoms with Crippen LogP contribution in [0.2, 0.25) is 0 Å². The maximum atomic E-state index is 11.7. The van der Waals surface area contributed by atoms with Gasteiger partial charge in [0, 0.05) is 0 Å². The quantitative estimate of drug-likeness (QED) is 0.723. The lowest BCUT2D eigenvalue weighted by atomic mass is 10.2. The lowest BCUT2D eigenvalue weighted by Gasteiger charge is -2.09. The Bertz CT molecular complexity index is 401. The number of hydrogen-bond donors (Lipinski definition) is 0. The van der Waals surface area contributed by atoms with Gasteiger partial charge in [0.25, 0.3) is 10.1 Å². The van der Waals surface area contributed by atoms with Gasteiger partial charge in [-0.3, -0.25) is 4.18 Å². The zero-order valence-corrected chi connectivity index (χ0v) is 9.39. The molecule has 0 fully saturated rings. The van der Waals surface area contributed by atoms with Crippen molar-refractivity contribution >= 4 is 10.1 Å². The molecule has 1 rings (SSSR count). The van der Waals surface area contributed by atoms with Crippen LogP contribution >= 0.6 is 0 Å². The van der Waals surface area contributed by atoms with Gasteiger partial charge in [-0.2, -0.15) is 8.42 Å². The van der Waals surface area contributed by atoms with Crippen LogP contribution in [0, 0.1) is 13.8 Å². The van der Waals surface area contributed by atoms with Crippen molar-refractivity contribution in [3.05, 3.63) is 29.3 Å². The highest BCUT2D eigenvalue weighted by Crippen LogP contribution is 2.21. The van der Waals surface area contributed by atoms with E-state index in [1.165, 1.54) is 0 Å². The minimum atomic E-state index is -3.57. The molecule has 3 nitrogen and oxygen atoms in total. The first-order chi connectivity index (χ1) is 6.49. The Morgan fingerprint density at radius 3 is 2.14 bits per heavy atom. The summed E-state index contributed by atoms with van der Waals surface area (Å²) in [6, 6.07) is 5.35. The number of rotatable bonds is 3. The zero-order valence-electron chi connectivity index (χ0n) is 8.57. The number of hydrogen-bond acceptors (Lipinski definition) is 3. The Hall–Kier alpha value is -0.870. The first kappa shape index (κ1) is 11.2. The van der Waals surface area contributed by atoms with Crippen molar-refractivity contribution < 1.29 is 12.6 Å². The first-order valence-corrected chi connectivity index (χ1v) is 5.85. The highest BCUT2D eigenvalue weighted by atomic mass is 32.2. The molecule has 0 aliphatic heterocycles. The van der Waals surface area contributed by atoms with E-state index in [1.807, 2.05) is 6.07 Å². The fourth-order valence-electron chi connectivity index (χ4n) is 1.41. The second kappa shape index (κ2) is 4.11. The molecular formula is C10H14O3S. The molecule has 0 radical (unpaired) electrons. The molecule has 0 bridgehead atoms. The maximum Gasteiger partial charge on any atom is 0.297 e. The summed E-state index contributed by atoms with van der Waals surface area (Å²) in [6.07, 6.45) is 0. The van der Waals surface area contributed by atoms with Crippen LogP contribution in [0.3, 0.4) is 0 Å². The van der Waals surface area contributed by atoms with Gasteiger partial charge in [-0.25, -0.2) is 0 Å². The predicted molar refractivity (Wildman–Crippen MR) is 54.7 cm³/mol. The highest BCUT2D eigenvalue weighted by Gasteiger charge is 2.18. The molecule has 0 aliphatic carbocycles. The molecule has 1 aromatic rings. The second-order valence-corrected chi connectivity index (χ2v) is 4.63. The Balaban J connectivity index is 3.32. The van der Waals surface area contributed by atoms with Crippen LogP contribution in [0.5, 0.6) is 0 Å². The van der Waals surface area contributed by atoms with E-state index in [2.05, 4.69) is 0 Å². The first-order valence-electron chi connectivity index (χ1n) is 4.44. The summed E-state index contributed by atoms with van der Waals surface area (Å²) in [7, 11) is -3.57. The predicted octanol–water partition coefficient (Wildman–Crippen LogP) is 2.03. The molecule has 0 saturated heterocycles. The fourth-order valence-corrected chi connectivity index (χ4v) is 2.76. The van der Waals surface area contributed by atoms with Gasteiger partial charge in [0.1, 0.15) is 0 Å². The number of aryl methyl sites for hydroxylation is 2. The molecule has 4 heteroatoms. The highest BCUT2D eigenvalue weighted by molar-refractivity contribution is 7.86. The van der Waals surface area contributed by atoms with E-state index in [4.69, 9.17) is 4.18 Å². The van der Waals surface area contributed by atoms with Crippen LogP contribution in [0.1, 0.15) is 18.1 Å². The summed E-state index contributed by atoms with van der Waals surface area (Å²) in [5.74, 6) is 0. The molecule has 0 unspecified atom stereocenters. The van der Waals surface area contributed by atoms with Crippen LogP contribution in [0.25, 0.3) is 0 Å². The Morgan fingerprint density at radius 2 is 1.71 bits per heavy atom. The van der Waals surface area contributed by atoms with E-state index in [0.717, 1.165) is 11.1 Å². The van der Waals surface area contributed by atoms with E-state index in [-0.39, 0.29) is 6.61 Å². The lowest BCUT2D eigenvalue weighted by molar-refractivity contribution is 0.337. The summed E-state index contributed by atoms with van der Waals surface area (Å²) >= 11 is 0. The van der Waals surface area contributed by atoms with Crippen molar-refractivity contribution in [2.75, 3.05) is 6.61 Å². The third-order valence-electron chi connectivity index (χ3n) is 1.93. The molecule has 0 heterocycles. The minimum Gasteiger partial charge on any atom is -0.267 e. The van der Waals surface area contributed by atoms with Gasteiger partial charge >= 0.3 is 0 Å². The smallest absolute Gasteiger partial charge is 0.267 e. The number of benzene rings is 1. The topological polar surface area (TPSA) is 43.4 Å². The summed E-state index contributed by atoms with van der Waals surface area (Å²) in [6.45, 7) is 5.35. The van der Waals surface area contributed by atoms with Crippen molar-refractivity contribution in [1.29, 1.82) is 0 Å². The third kappa shape index (κ3) is 2.13. The largest absolute Gasteiger partial charge is 0.297 e. The second-order valence-electron chi connectivity index (χ2n) is 3.08. The van der Waals surface area contributed by atoms with Crippen molar-refractivity contribution in [2.24, 2.45) is 0 Å². The van der Waals surface area contributed by atoms with Crippen molar-refractivity contribution in [3.63, 3.8) is 0 Å². The lowest BCUT2D eigenvalue weighted by Crippen LogP contribution is -2.09. The van der Waals surface area contributed by atoms with Gasteiger partial charge < -0.3 is 0 Å². The van der Waals surface area contributed by atoms with Gasteiger partial charge in [-0.05, 0) is 31.9 Å². The van der Waals surface area contributed by atoms with E-state index >= 15 is 0 Å². The molecule has 0 saturated carbocycles. The monoisotopic (exact) mass is 214 g/mol. The standard InChI is InChI=1S/C10H14O3S/c1-4-13-14(11,12)10-8(2)6-5-7-9(10)3/h5-7H,4H2,1-3H3. The summed E-state index contributed by atoms with van der Waals surface area (Å²) in [5.41, 5.74) is 1.44. The summed E-state index contributed by atoms with van der Waals surface area (Å²) in [4.78, 5) is 0.293. The molecule has 0 spiro atoms. The molecule has 0 aliphatic rings. The van der Waals surface area contributed by atoms with Gasteiger partial charge in [0.05, 0.1) is 11.5 Å². The van der Waals surface area contributed by atoms with Gasteiger partial charge in [-0.15, -0.1) is 0 Å². The van der Waals surface area contributed by atoms with Crippen LogP contribution in [-0.2, 0) is 14.3 Å². The van der Waals surface area contributed by atoms with Crippen LogP contribution < -0.4 is 0 Å². The van der Waals surface area contributed by atoms with Crippen molar-refractivity contribution in [1.82, 2.24) is 0 Å². The fraction of sp³-hybridized carbons (Fsp3) is 0.400. The van der Waals surface area contributed by atoms with Crippen LogP contribution in [0.4, 0.5) is 0 Å². The third-order valence-corrected chi connectivity index (χ3v) is 3.62. The molecule has 0 N–H and O–H groups in total. The summed E-state index contributed by atoms with van der Waals surface area (Å²) in [5, 5.41) is 0. The molecular weight excluding hydrogens is 200 g/mol. The molecule has 1 aromatic carbocycles. The molecule has 0 atom stereocenters. The Labute approximate surface area is 84.8 Å². The molecule has 0 aromatic heterocycles.